The molecule has 5 nitrogen and oxygen atoms in total. The number of hydrogen-bond acceptors (Lipinski definition) is 3. The Kier molecular flexibility index (Phi) is 6.48. The highest BCUT2D eigenvalue weighted by Gasteiger charge is 2.41. The van der Waals surface area contributed by atoms with Gasteiger partial charge in [0.15, 0.2) is 5.11 Å². The molecule has 3 heterocycles. The number of alkyl halides is 3. The second kappa shape index (κ2) is 9.30. The van der Waals surface area contributed by atoms with Gasteiger partial charge >= 0.3 is 6.18 Å². The van der Waals surface area contributed by atoms with Gasteiger partial charge in [-0.05, 0) is 61.1 Å². The number of pyridine rings is 1. The molecule has 0 amide bonds. The number of nitrogens with one attached hydrogen (secondary N) is 1. The van der Waals surface area contributed by atoms with Crippen molar-refractivity contribution in [1.29, 1.82) is 0 Å². The normalized spacial score (nSPS) is 18.8. The Balaban J connectivity index is 1.77. The molecule has 1 aliphatic heterocycles. The minimum Gasteiger partial charge on any atom is -0.385 e. The summed E-state index contributed by atoms with van der Waals surface area (Å²) >= 11 is 5.64. The van der Waals surface area contributed by atoms with Crippen LogP contribution in [0.5, 0.6) is 0 Å². The van der Waals surface area contributed by atoms with Crippen LogP contribution in [0, 0.1) is 0 Å². The van der Waals surface area contributed by atoms with Crippen LogP contribution in [0.25, 0.3) is 5.69 Å². The summed E-state index contributed by atoms with van der Waals surface area (Å²) in [4.78, 5) is 6.57. The highest BCUT2D eigenvalue weighted by molar-refractivity contribution is 7.80. The zero-order chi connectivity index (χ0) is 22.7. The van der Waals surface area contributed by atoms with Gasteiger partial charge in [0.2, 0.25) is 0 Å². The molecule has 2 aromatic heterocycles. The van der Waals surface area contributed by atoms with Crippen LogP contribution in [0.4, 0.5) is 13.2 Å². The Morgan fingerprint density at radius 3 is 2.69 bits per heavy atom. The van der Waals surface area contributed by atoms with Gasteiger partial charge in [-0.2, -0.15) is 13.2 Å². The van der Waals surface area contributed by atoms with Crippen LogP contribution in [-0.4, -0.2) is 39.8 Å². The second-order valence-electron chi connectivity index (χ2n) is 7.52. The van der Waals surface area contributed by atoms with E-state index in [1.807, 2.05) is 30.3 Å². The lowest BCUT2D eigenvalue weighted by atomic mass is 10.0. The molecule has 0 radical (unpaired) electrons. The summed E-state index contributed by atoms with van der Waals surface area (Å²) in [5.74, 6) is 0. The van der Waals surface area contributed by atoms with Crippen LogP contribution < -0.4 is 5.32 Å². The van der Waals surface area contributed by atoms with Crippen LogP contribution in [0.2, 0.25) is 0 Å². The molecule has 1 saturated heterocycles. The maximum atomic E-state index is 13.3. The predicted octanol–water partition coefficient (Wildman–Crippen LogP) is 4.90. The number of halogens is 3. The van der Waals surface area contributed by atoms with Crippen molar-refractivity contribution in [2.45, 2.75) is 24.7 Å². The van der Waals surface area contributed by atoms with Crippen LogP contribution in [0.3, 0.4) is 0 Å². The van der Waals surface area contributed by atoms with Gasteiger partial charge in [-0.25, -0.2) is 0 Å². The van der Waals surface area contributed by atoms with E-state index in [9.17, 15) is 13.2 Å². The SMILES string of the molecule is COCCCN1C(=S)N[C@@H](c2ccccn2)[C@H]1c1cccn1-c1cccc(C(F)(F)F)c1. The maximum Gasteiger partial charge on any atom is 0.416 e. The monoisotopic (exact) mass is 460 g/mol. The van der Waals surface area contributed by atoms with E-state index in [2.05, 4.69) is 15.2 Å². The molecule has 9 heteroatoms. The van der Waals surface area contributed by atoms with Gasteiger partial charge in [-0.1, -0.05) is 12.1 Å². The summed E-state index contributed by atoms with van der Waals surface area (Å²) in [6, 6.07) is 14.3. The Labute approximate surface area is 189 Å². The molecule has 0 aliphatic carbocycles. The van der Waals surface area contributed by atoms with Crippen molar-refractivity contribution in [2.24, 2.45) is 0 Å². The number of thiocarbonyl (C=S) groups is 1. The topological polar surface area (TPSA) is 42.3 Å². The predicted molar refractivity (Wildman–Crippen MR) is 119 cm³/mol. The Morgan fingerprint density at radius 2 is 1.97 bits per heavy atom. The fourth-order valence-electron chi connectivity index (χ4n) is 4.05. The molecule has 168 valence electrons. The van der Waals surface area contributed by atoms with E-state index in [-0.39, 0.29) is 12.1 Å². The Hall–Kier alpha value is -2.91. The van der Waals surface area contributed by atoms with Crippen molar-refractivity contribution < 1.29 is 17.9 Å². The molecular weight excluding hydrogens is 437 g/mol. The lowest BCUT2D eigenvalue weighted by molar-refractivity contribution is -0.137. The van der Waals surface area contributed by atoms with E-state index >= 15 is 0 Å². The van der Waals surface area contributed by atoms with Crippen molar-refractivity contribution >= 4 is 17.3 Å². The first-order valence-electron chi connectivity index (χ1n) is 10.2. The fraction of sp³-hybridized carbons (Fsp3) is 0.304. The third kappa shape index (κ3) is 4.49. The first kappa shape index (κ1) is 22.3. The average molecular weight is 461 g/mol. The number of methoxy groups -OCH3 is 1. The molecule has 0 bridgehead atoms. The largest absolute Gasteiger partial charge is 0.416 e. The van der Waals surface area contributed by atoms with E-state index < -0.39 is 11.7 Å². The first-order valence-corrected chi connectivity index (χ1v) is 10.6. The molecule has 2 atom stereocenters. The van der Waals surface area contributed by atoms with E-state index in [4.69, 9.17) is 17.0 Å². The third-order valence-electron chi connectivity index (χ3n) is 5.48. The standard InChI is InChI=1S/C23H23F3N4OS/c1-31-14-6-13-30-21(20(28-22(30)32)18-9-2-3-11-27-18)19-10-5-12-29(19)17-8-4-7-16(15-17)23(24,25)26/h2-5,7-12,15,20-21H,6,13-14H2,1H3,(H,28,32)/t20-,21+/m0/s1. The minimum atomic E-state index is -4.41. The number of hydrogen-bond donors (Lipinski definition) is 1. The van der Waals surface area contributed by atoms with Crippen molar-refractivity contribution in [3.8, 4) is 5.69 Å². The van der Waals surface area contributed by atoms with E-state index in [1.54, 1.807) is 30.1 Å². The van der Waals surface area contributed by atoms with Gasteiger partial charge in [-0.15, -0.1) is 0 Å². The molecule has 1 aliphatic rings. The summed E-state index contributed by atoms with van der Waals surface area (Å²) in [7, 11) is 1.65. The molecule has 1 aromatic carbocycles. The van der Waals surface area contributed by atoms with Gasteiger partial charge in [0.25, 0.3) is 0 Å². The van der Waals surface area contributed by atoms with Crippen molar-refractivity contribution in [2.75, 3.05) is 20.3 Å². The Morgan fingerprint density at radius 1 is 1.12 bits per heavy atom. The molecule has 0 spiro atoms. The first-order chi connectivity index (χ1) is 15.4. The molecule has 3 aromatic rings. The highest BCUT2D eigenvalue weighted by Crippen LogP contribution is 2.40. The van der Waals surface area contributed by atoms with Gasteiger partial charge in [0.05, 0.1) is 23.3 Å². The van der Waals surface area contributed by atoms with Crippen LogP contribution >= 0.6 is 12.2 Å². The number of rotatable bonds is 7. The summed E-state index contributed by atoms with van der Waals surface area (Å²) in [5.41, 5.74) is 1.39. The number of ether oxygens (including phenoxy) is 1. The van der Waals surface area contributed by atoms with E-state index in [0.717, 1.165) is 29.9 Å². The highest BCUT2D eigenvalue weighted by atomic mass is 32.1. The molecule has 1 fully saturated rings. The quantitative estimate of drug-likeness (QED) is 0.401. The molecule has 0 unspecified atom stereocenters. The molecule has 0 saturated carbocycles. The lowest BCUT2D eigenvalue weighted by Crippen LogP contribution is -2.32. The summed E-state index contributed by atoms with van der Waals surface area (Å²) in [5, 5.41) is 3.94. The number of aromatic nitrogens is 2. The van der Waals surface area contributed by atoms with Crippen molar-refractivity contribution in [3.05, 3.63) is 83.9 Å². The summed E-state index contributed by atoms with van der Waals surface area (Å²) in [6.07, 6.45) is -0.165. The van der Waals surface area contributed by atoms with Crippen LogP contribution in [0.15, 0.2) is 67.0 Å². The molecule has 32 heavy (non-hydrogen) atoms. The zero-order valence-electron chi connectivity index (χ0n) is 17.4. The fourth-order valence-corrected chi connectivity index (χ4v) is 4.38. The van der Waals surface area contributed by atoms with Gasteiger partial charge < -0.3 is 19.5 Å². The molecule has 1 N–H and O–H groups in total. The van der Waals surface area contributed by atoms with Crippen molar-refractivity contribution in [1.82, 2.24) is 19.8 Å². The number of benzene rings is 1. The molecule has 4 rings (SSSR count). The summed E-state index contributed by atoms with van der Waals surface area (Å²) < 4.78 is 46.9. The van der Waals surface area contributed by atoms with Gasteiger partial charge in [0, 0.05) is 44.0 Å². The molecular formula is C23H23F3N4OS. The second-order valence-corrected chi connectivity index (χ2v) is 7.90. The summed E-state index contributed by atoms with van der Waals surface area (Å²) in [6.45, 7) is 1.22. The van der Waals surface area contributed by atoms with Crippen LogP contribution in [-0.2, 0) is 10.9 Å². The smallest absolute Gasteiger partial charge is 0.385 e. The minimum absolute atomic E-state index is 0.245. The zero-order valence-corrected chi connectivity index (χ0v) is 18.2. The van der Waals surface area contributed by atoms with Crippen molar-refractivity contribution in [3.63, 3.8) is 0 Å². The number of nitrogens with zero attached hydrogens (tertiary/aromatic N) is 3. The van der Waals surface area contributed by atoms with Crippen LogP contribution in [0.1, 0.15) is 35.5 Å². The Bertz CT molecular complexity index is 1070. The van der Waals surface area contributed by atoms with E-state index in [0.29, 0.717) is 24.0 Å². The van der Waals surface area contributed by atoms with Gasteiger partial charge in [-0.3, -0.25) is 4.98 Å². The third-order valence-corrected chi connectivity index (χ3v) is 5.83. The van der Waals surface area contributed by atoms with Gasteiger partial charge in [0.1, 0.15) is 0 Å². The maximum absolute atomic E-state index is 13.3. The average Bonchev–Trinajstić information content (AvgIpc) is 3.39. The van der Waals surface area contributed by atoms with E-state index in [1.165, 1.54) is 6.07 Å². The lowest BCUT2D eigenvalue weighted by Gasteiger charge is -2.29.